The fourth-order valence-electron chi connectivity index (χ4n) is 1.17. The lowest BCUT2D eigenvalue weighted by Gasteiger charge is -2.18. The number of hydrogen-bond acceptors (Lipinski definition) is 2. The topological polar surface area (TPSA) is 32.3 Å². The lowest BCUT2D eigenvalue weighted by Crippen LogP contribution is -2.31. The first-order valence-corrected chi connectivity index (χ1v) is 3.83. The summed E-state index contributed by atoms with van der Waals surface area (Å²) in [4.78, 5) is 0. The van der Waals surface area contributed by atoms with Gasteiger partial charge in [0.2, 0.25) is 0 Å². The number of nitrogens with one attached hydrogen (secondary N) is 1. The maximum atomic E-state index is 12.7. The Morgan fingerprint density at radius 1 is 1.30 bits per heavy atom. The summed E-state index contributed by atoms with van der Waals surface area (Å²) in [6.45, 7) is 1.60. The molecule has 1 aliphatic heterocycles. The van der Waals surface area contributed by atoms with Crippen molar-refractivity contribution < 1.29 is 9.50 Å². The first-order valence-electron chi connectivity index (χ1n) is 3.83. The molecule has 0 amide bonds. The predicted molar refractivity (Wildman–Crippen MR) is 37.6 cm³/mol. The van der Waals surface area contributed by atoms with Crippen molar-refractivity contribution in [3.63, 3.8) is 0 Å². The second-order valence-electron chi connectivity index (χ2n) is 2.76. The molecule has 2 unspecified atom stereocenters. The van der Waals surface area contributed by atoms with Crippen LogP contribution in [0, 0.1) is 0 Å². The van der Waals surface area contributed by atoms with E-state index in [1.165, 1.54) is 0 Å². The first-order chi connectivity index (χ1) is 4.80. The standard InChI is InChI=1S/C7H14FNO/c8-6-3-5-9-4-1-2-7(6)10/h6-7,9-10H,1-5H2. The van der Waals surface area contributed by atoms with Crippen LogP contribution in [0.25, 0.3) is 0 Å². The molecule has 2 nitrogen and oxygen atoms in total. The Hall–Kier alpha value is -0.150. The van der Waals surface area contributed by atoms with Crippen LogP contribution in [0.2, 0.25) is 0 Å². The molecule has 0 saturated carbocycles. The highest BCUT2D eigenvalue weighted by Gasteiger charge is 2.18. The molecule has 60 valence electrons. The Morgan fingerprint density at radius 3 is 2.90 bits per heavy atom. The Morgan fingerprint density at radius 2 is 2.10 bits per heavy atom. The zero-order chi connectivity index (χ0) is 7.40. The minimum absolute atomic E-state index is 0.446. The fourth-order valence-corrected chi connectivity index (χ4v) is 1.17. The van der Waals surface area contributed by atoms with Crippen LogP contribution in [-0.4, -0.2) is 30.5 Å². The van der Waals surface area contributed by atoms with E-state index >= 15 is 0 Å². The molecule has 0 bridgehead atoms. The van der Waals surface area contributed by atoms with E-state index in [0.717, 1.165) is 13.0 Å². The Kier molecular flexibility index (Phi) is 3.09. The van der Waals surface area contributed by atoms with Gasteiger partial charge in [-0.1, -0.05) is 0 Å². The minimum atomic E-state index is -1.02. The van der Waals surface area contributed by atoms with Crippen LogP contribution < -0.4 is 5.32 Å². The number of rotatable bonds is 0. The van der Waals surface area contributed by atoms with Crippen LogP contribution in [0.5, 0.6) is 0 Å². The van der Waals surface area contributed by atoms with Gasteiger partial charge in [-0.3, -0.25) is 0 Å². The molecule has 0 spiro atoms. The Balaban J connectivity index is 2.28. The molecule has 1 heterocycles. The highest BCUT2D eigenvalue weighted by molar-refractivity contribution is 4.71. The number of halogens is 1. The Bertz CT molecular complexity index is 87.6. The zero-order valence-corrected chi connectivity index (χ0v) is 6.02. The van der Waals surface area contributed by atoms with Crippen LogP contribution in [0.4, 0.5) is 4.39 Å². The number of hydrogen-bond donors (Lipinski definition) is 2. The van der Waals surface area contributed by atoms with Crippen molar-refractivity contribution in [1.29, 1.82) is 0 Å². The molecule has 1 rings (SSSR count). The van der Waals surface area contributed by atoms with E-state index in [2.05, 4.69) is 5.32 Å². The molecule has 0 aromatic carbocycles. The van der Waals surface area contributed by atoms with Gasteiger partial charge in [-0.05, 0) is 32.4 Å². The lowest BCUT2D eigenvalue weighted by molar-refractivity contribution is 0.0596. The highest BCUT2D eigenvalue weighted by Crippen LogP contribution is 2.10. The molecule has 10 heavy (non-hydrogen) atoms. The molecular weight excluding hydrogens is 133 g/mol. The molecule has 0 aromatic rings. The monoisotopic (exact) mass is 147 g/mol. The van der Waals surface area contributed by atoms with Crippen molar-refractivity contribution in [3.05, 3.63) is 0 Å². The van der Waals surface area contributed by atoms with Crippen molar-refractivity contribution in [2.75, 3.05) is 13.1 Å². The van der Waals surface area contributed by atoms with Gasteiger partial charge in [-0.15, -0.1) is 0 Å². The van der Waals surface area contributed by atoms with Gasteiger partial charge < -0.3 is 10.4 Å². The van der Waals surface area contributed by atoms with E-state index in [9.17, 15) is 4.39 Å². The fraction of sp³-hybridized carbons (Fsp3) is 1.00. The SMILES string of the molecule is OC1CCCNCCC1F. The van der Waals surface area contributed by atoms with Gasteiger partial charge in [0.25, 0.3) is 0 Å². The second kappa shape index (κ2) is 3.88. The predicted octanol–water partition coefficient (Wildman–Crippen LogP) is 0.459. The zero-order valence-electron chi connectivity index (χ0n) is 6.02. The molecule has 3 heteroatoms. The summed E-state index contributed by atoms with van der Waals surface area (Å²) in [5.41, 5.74) is 0. The summed E-state index contributed by atoms with van der Waals surface area (Å²) in [5, 5.41) is 12.2. The number of aliphatic hydroxyl groups excluding tert-OH is 1. The van der Waals surface area contributed by atoms with Gasteiger partial charge >= 0.3 is 0 Å². The normalized spacial score (nSPS) is 36.6. The largest absolute Gasteiger partial charge is 0.390 e. The highest BCUT2D eigenvalue weighted by atomic mass is 19.1. The van der Waals surface area contributed by atoms with Gasteiger partial charge in [0, 0.05) is 0 Å². The third-order valence-electron chi connectivity index (χ3n) is 1.87. The van der Waals surface area contributed by atoms with E-state index < -0.39 is 12.3 Å². The van der Waals surface area contributed by atoms with E-state index in [4.69, 9.17) is 5.11 Å². The Labute approximate surface area is 60.4 Å². The van der Waals surface area contributed by atoms with Gasteiger partial charge in [0.05, 0.1) is 6.10 Å². The van der Waals surface area contributed by atoms with E-state index in [1.807, 2.05) is 0 Å². The smallest absolute Gasteiger partial charge is 0.127 e. The molecule has 0 aliphatic carbocycles. The average molecular weight is 147 g/mol. The molecule has 1 fully saturated rings. The van der Waals surface area contributed by atoms with Crippen molar-refractivity contribution in [3.8, 4) is 0 Å². The van der Waals surface area contributed by atoms with Crippen LogP contribution >= 0.6 is 0 Å². The molecule has 1 saturated heterocycles. The maximum absolute atomic E-state index is 12.7. The van der Waals surface area contributed by atoms with Crippen LogP contribution in [0.3, 0.4) is 0 Å². The first kappa shape index (κ1) is 7.95. The van der Waals surface area contributed by atoms with Gasteiger partial charge in [0.1, 0.15) is 6.17 Å². The summed E-state index contributed by atoms with van der Waals surface area (Å²) < 4.78 is 12.7. The summed E-state index contributed by atoms with van der Waals surface area (Å²) >= 11 is 0. The molecule has 0 aromatic heterocycles. The third-order valence-corrected chi connectivity index (χ3v) is 1.87. The molecule has 0 radical (unpaired) electrons. The number of aliphatic hydroxyl groups is 1. The number of alkyl halides is 1. The van der Waals surface area contributed by atoms with Crippen molar-refractivity contribution >= 4 is 0 Å². The van der Waals surface area contributed by atoms with E-state index in [-0.39, 0.29) is 0 Å². The van der Waals surface area contributed by atoms with Gasteiger partial charge in [-0.2, -0.15) is 0 Å². The van der Waals surface area contributed by atoms with E-state index in [0.29, 0.717) is 19.4 Å². The quantitative estimate of drug-likeness (QED) is 0.521. The third kappa shape index (κ3) is 2.23. The van der Waals surface area contributed by atoms with E-state index in [1.54, 1.807) is 0 Å². The van der Waals surface area contributed by atoms with Crippen LogP contribution in [0.1, 0.15) is 19.3 Å². The summed E-state index contributed by atoms with van der Waals surface area (Å²) in [6, 6.07) is 0. The summed E-state index contributed by atoms with van der Waals surface area (Å²) in [5.74, 6) is 0. The minimum Gasteiger partial charge on any atom is -0.390 e. The van der Waals surface area contributed by atoms with Crippen LogP contribution in [0.15, 0.2) is 0 Å². The summed E-state index contributed by atoms with van der Waals surface area (Å²) in [7, 11) is 0. The average Bonchev–Trinajstić information content (AvgIpc) is 1.92. The van der Waals surface area contributed by atoms with Crippen molar-refractivity contribution in [1.82, 2.24) is 5.32 Å². The molecule has 1 aliphatic rings. The lowest BCUT2D eigenvalue weighted by atomic mass is 10.1. The summed E-state index contributed by atoms with van der Waals surface area (Å²) in [6.07, 6.45) is 0.173. The van der Waals surface area contributed by atoms with Gasteiger partial charge in [-0.25, -0.2) is 4.39 Å². The second-order valence-corrected chi connectivity index (χ2v) is 2.76. The van der Waals surface area contributed by atoms with Crippen LogP contribution in [-0.2, 0) is 0 Å². The molecule has 2 N–H and O–H groups in total. The van der Waals surface area contributed by atoms with Crippen molar-refractivity contribution in [2.45, 2.75) is 31.5 Å². The maximum Gasteiger partial charge on any atom is 0.127 e. The molecular formula is C7H14FNO. The molecule has 2 atom stereocenters. The van der Waals surface area contributed by atoms with Crippen molar-refractivity contribution in [2.24, 2.45) is 0 Å². The van der Waals surface area contributed by atoms with Gasteiger partial charge in [0.15, 0.2) is 0 Å².